The average Bonchev–Trinajstić information content (AvgIpc) is 2.07. The van der Waals surface area contributed by atoms with E-state index in [-0.39, 0.29) is 0 Å². The van der Waals surface area contributed by atoms with Crippen LogP contribution in [0.5, 0.6) is 5.75 Å². The molecule has 1 rings (SSSR count). The Hall–Kier alpha value is -1.43. The molecule has 0 saturated carbocycles. The summed E-state index contributed by atoms with van der Waals surface area (Å²) < 4.78 is 25.2. The van der Waals surface area contributed by atoms with Crippen LogP contribution in [0, 0.1) is 21.7 Å². The van der Waals surface area contributed by atoms with Crippen molar-refractivity contribution in [3.8, 4) is 5.75 Å². The summed E-state index contributed by atoms with van der Waals surface area (Å²) in [6.45, 7) is 0. The van der Waals surface area contributed by atoms with Crippen molar-refractivity contribution in [1.82, 2.24) is 0 Å². The average molecular weight is 210 g/mol. The second-order valence-corrected chi connectivity index (χ2v) is 2.49. The number of hydrogen-bond acceptors (Lipinski definition) is 3. The third-order valence-corrected chi connectivity index (χ3v) is 1.67. The number of phenols is 1. The fraction of sp³-hybridized carbons (Fsp3) is 0. The summed E-state index contributed by atoms with van der Waals surface area (Å²) in [5.41, 5.74) is -0.922. The molecule has 0 aliphatic rings. The maximum atomic E-state index is 12.7. The van der Waals surface area contributed by atoms with Gasteiger partial charge < -0.3 is 5.11 Å². The minimum absolute atomic E-state index is 0.348. The van der Waals surface area contributed by atoms with Crippen molar-refractivity contribution in [3.63, 3.8) is 0 Å². The van der Waals surface area contributed by atoms with Crippen LogP contribution in [0.3, 0.4) is 0 Å². The lowest BCUT2D eigenvalue weighted by atomic mass is 10.3. The van der Waals surface area contributed by atoms with Gasteiger partial charge in [0.25, 0.3) is 5.69 Å². The fourth-order valence-corrected chi connectivity index (χ4v) is 0.919. The van der Waals surface area contributed by atoms with Gasteiger partial charge in [-0.2, -0.15) is 0 Å². The van der Waals surface area contributed by atoms with Gasteiger partial charge in [0.15, 0.2) is 22.4 Å². The largest absolute Gasteiger partial charge is 0.503 e. The third kappa shape index (κ3) is 1.52. The van der Waals surface area contributed by atoms with Crippen molar-refractivity contribution in [2.24, 2.45) is 0 Å². The van der Waals surface area contributed by atoms with Crippen LogP contribution >= 0.6 is 11.6 Å². The van der Waals surface area contributed by atoms with E-state index in [2.05, 4.69) is 0 Å². The molecule has 1 aromatic carbocycles. The van der Waals surface area contributed by atoms with Crippen LogP contribution in [-0.2, 0) is 0 Å². The number of halogens is 3. The molecule has 0 bridgehead atoms. The zero-order valence-corrected chi connectivity index (χ0v) is 6.68. The lowest BCUT2D eigenvalue weighted by Crippen LogP contribution is -1.94. The van der Waals surface area contributed by atoms with Gasteiger partial charge in [0.05, 0.1) is 11.0 Å². The molecule has 0 spiro atoms. The molecule has 0 fully saturated rings. The number of nitro benzene ring substituents is 1. The van der Waals surface area contributed by atoms with Crippen molar-refractivity contribution < 1.29 is 18.8 Å². The maximum Gasteiger partial charge on any atom is 0.294 e. The third-order valence-electron chi connectivity index (χ3n) is 1.31. The number of nitro groups is 1. The quantitative estimate of drug-likeness (QED) is 0.438. The molecule has 0 unspecified atom stereocenters. The lowest BCUT2D eigenvalue weighted by molar-refractivity contribution is -0.385. The SMILES string of the molecule is O=[N+]([O-])c1cc(F)c(O)c(F)c1Cl. The summed E-state index contributed by atoms with van der Waals surface area (Å²) in [7, 11) is 0. The zero-order chi connectivity index (χ0) is 10.2. The van der Waals surface area contributed by atoms with Crippen molar-refractivity contribution in [3.05, 3.63) is 32.8 Å². The molecule has 4 nitrogen and oxygen atoms in total. The van der Waals surface area contributed by atoms with Crippen molar-refractivity contribution in [1.29, 1.82) is 0 Å². The second kappa shape index (κ2) is 3.14. The monoisotopic (exact) mass is 209 g/mol. The molecule has 70 valence electrons. The molecular weight excluding hydrogens is 208 g/mol. The minimum atomic E-state index is -1.53. The number of benzene rings is 1. The van der Waals surface area contributed by atoms with Crippen LogP contribution < -0.4 is 0 Å². The Kier molecular flexibility index (Phi) is 2.33. The summed E-state index contributed by atoms with van der Waals surface area (Å²) in [6.07, 6.45) is 0. The molecule has 0 atom stereocenters. The van der Waals surface area contributed by atoms with Gasteiger partial charge in [0.2, 0.25) is 0 Å². The molecule has 0 aliphatic carbocycles. The van der Waals surface area contributed by atoms with E-state index in [4.69, 9.17) is 16.7 Å². The van der Waals surface area contributed by atoms with E-state index in [1.165, 1.54) is 0 Å². The molecular formula is C6H2ClF2NO3. The fourth-order valence-electron chi connectivity index (χ4n) is 0.706. The minimum Gasteiger partial charge on any atom is -0.503 e. The first-order valence-electron chi connectivity index (χ1n) is 2.96. The smallest absolute Gasteiger partial charge is 0.294 e. The zero-order valence-electron chi connectivity index (χ0n) is 5.92. The highest BCUT2D eigenvalue weighted by Crippen LogP contribution is 2.34. The first kappa shape index (κ1) is 9.66. The van der Waals surface area contributed by atoms with E-state index < -0.39 is 33.0 Å². The van der Waals surface area contributed by atoms with Crippen LogP contribution in [-0.4, -0.2) is 10.0 Å². The van der Waals surface area contributed by atoms with Gasteiger partial charge in [0, 0.05) is 0 Å². The summed E-state index contributed by atoms with van der Waals surface area (Å²) in [5, 5.41) is 17.9. The summed E-state index contributed by atoms with van der Waals surface area (Å²) >= 11 is 5.12. The number of phenolic OH excluding ortho intramolecular Hbond substituents is 1. The molecule has 0 heterocycles. The number of rotatable bonds is 1. The molecule has 7 heteroatoms. The van der Waals surface area contributed by atoms with Gasteiger partial charge in [-0.05, 0) is 0 Å². The van der Waals surface area contributed by atoms with Crippen molar-refractivity contribution in [2.75, 3.05) is 0 Å². The molecule has 0 aliphatic heterocycles. The van der Waals surface area contributed by atoms with Gasteiger partial charge in [-0.3, -0.25) is 10.1 Å². The van der Waals surface area contributed by atoms with Gasteiger partial charge in [-0.25, -0.2) is 8.78 Å². The van der Waals surface area contributed by atoms with Crippen LogP contribution in [0.4, 0.5) is 14.5 Å². The van der Waals surface area contributed by atoms with E-state index in [1.54, 1.807) is 0 Å². The summed E-state index contributed by atoms with van der Waals surface area (Å²) in [4.78, 5) is 9.10. The Bertz CT molecular complexity index is 383. The first-order chi connectivity index (χ1) is 5.95. The standard InChI is InChI=1S/C6H2ClF2NO3/c7-4-3(10(12)13)1-2(8)6(11)5(4)9/h1,11H. The molecule has 13 heavy (non-hydrogen) atoms. The van der Waals surface area contributed by atoms with Gasteiger partial charge >= 0.3 is 0 Å². The van der Waals surface area contributed by atoms with Crippen LogP contribution in [0.25, 0.3) is 0 Å². The van der Waals surface area contributed by atoms with E-state index in [9.17, 15) is 18.9 Å². The predicted molar refractivity (Wildman–Crippen MR) is 39.7 cm³/mol. The van der Waals surface area contributed by atoms with Crippen molar-refractivity contribution >= 4 is 17.3 Å². The van der Waals surface area contributed by atoms with E-state index in [0.717, 1.165) is 0 Å². The number of aromatic hydroxyl groups is 1. The van der Waals surface area contributed by atoms with E-state index in [1.807, 2.05) is 0 Å². The van der Waals surface area contributed by atoms with Crippen LogP contribution in [0.1, 0.15) is 0 Å². The highest BCUT2D eigenvalue weighted by molar-refractivity contribution is 6.32. The van der Waals surface area contributed by atoms with Gasteiger partial charge in [-0.15, -0.1) is 0 Å². The maximum absolute atomic E-state index is 12.7. The molecule has 1 N–H and O–H groups in total. The van der Waals surface area contributed by atoms with Gasteiger partial charge in [-0.1, -0.05) is 11.6 Å². The number of hydrogen-bond donors (Lipinski definition) is 1. The Morgan fingerprint density at radius 1 is 1.54 bits per heavy atom. The summed E-state index contributed by atoms with van der Waals surface area (Å²) in [5.74, 6) is -4.28. The molecule has 0 amide bonds. The van der Waals surface area contributed by atoms with E-state index >= 15 is 0 Å². The Labute approximate surface area is 75.5 Å². The molecule has 0 aromatic heterocycles. The molecule has 1 aromatic rings. The first-order valence-corrected chi connectivity index (χ1v) is 3.33. The Balaban J connectivity index is 3.50. The predicted octanol–water partition coefficient (Wildman–Crippen LogP) is 2.23. The van der Waals surface area contributed by atoms with Crippen LogP contribution in [0.2, 0.25) is 5.02 Å². The highest BCUT2D eigenvalue weighted by Gasteiger charge is 2.23. The van der Waals surface area contributed by atoms with Crippen LogP contribution in [0.15, 0.2) is 6.07 Å². The second-order valence-electron chi connectivity index (χ2n) is 2.11. The molecule has 0 saturated heterocycles. The molecule has 0 radical (unpaired) electrons. The Morgan fingerprint density at radius 2 is 2.08 bits per heavy atom. The topological polar surface area (TPSA) is 63.4 Å². The summed E-state index contributed by atoms with van der Waals surface area (Å²) in [6, 6.07) is 0.348. The number of nitrogens with zero attached hydrogens (tertiary/aromatic N) is 1. The normalized spacial score (nSPS) is 10.1. The van der Waals surface area contributed by atoms with Gasteiger partial charge in [0.1, 0.15) is 0 Å². The lowest BCUT2D eigenvalue weighted by Gasteiger charge is -1.99. The van der Waals surface area contributed by atoms with Crippen molar-refractivity contribution in [2.45, 2.75) is 0 Å². The highest BCUT2D eigenvalue weighted by atomic mass is 35.5. The van der Waals surface area contributed by atoms with E-state index in [0.29, 0.717) is 6.07 Å². The Morgan fingerprint density at radius 3 is 2.54 bits per heavy atom.